The van der Waals surface area contributed by atoms with Gasteiger partial charge in [0, 0.05) is 51.0 Å². The van der Waals surface area contributed by atoms with Crippen molar-refractivity contribution in [3.05, 3.63) is 36.7 Å². The summed E-state index contributed by atoms with van der Waals surface area (Å²) in [6.45, 7) is 2.79. The average molecular weight is 286 g/mol. The monoisotopic (exact) mass is 286 g/mol. The highest BCUT2D eigenvalue weighted by Crippen LogP contribution is 2.19. The Bertz CT molecular complexity index is 628. The van der Waals surface area contributed by atoms with E-state index in [0.717, 1.165) is 18.9 Å². The molecule has 2 aromatic heterocycles. The molecule has 1 saturated heterocycles. The summed E-state index contributed by atoms with van der Waals surface area (Å²) < 4.78 is 0. The van der Waals surface area contributed by atoms with Crippen LogP contribution in [0.25, 0.3) is 0 Å². The third kappa shape index (κ3) is 2.73. The highest BCUT2D eigenvalue weighted by molar-refractivity contribution is 5.90. The first kappa shape index (κ1) is 13.2. The molecule has 2 aromatic rings. The largest absolute Gasteiger partial charge is 0.476 e. The van der Waals surface area contributed by atoms with Gasteiger partial charge < -0.3 is 14.9 Å². The van der Waals surface area contributed by atoms with Crippen LogP contribution < -0.4 is 9.80 Å². The number of piperazine rings is 1. The molecule has 0 atom stereocenters. The normalized spacial score (nSPS) is 15.0. The molecule has 0 spiro atoms. The van der Waals surface area contributed by atoms with Gasteiger partial charge in [0.25, 0.3) is 0 Å². The van der Waals surface area contributed by atoms with Crippen molar-refractivity contribution >= 4 is 17.6 Å². The van der Waals surface area contributed by atoms with E-state index in [-0.39, 0.29) is 5.69 Å². The summed E-state index contributed by atoms with van der Waals surface area (Å²) in [6, 6.07) is 0. The molecule has 0 amide bonds. The van der Waals surface area contributed by atoms with Crippen LogP contribution in [0.2, 0.25) is 0 Å². The number of carboxylic acid groups (broad SMARTS) is 1. The van der Waals surface area contributed by atoms with Crippen LogP contribution in [0.4, 0.5) is 11.6 Å². The standard InChI is InChI=1S/C13H14N6O2/c20-13(21)11-12(17-4-3-16-11)19-7-5-18(6-8-19)10-9-14-1-2-15-10/h1-4,9H,5-8H2,(H,20,21). The van der Waals surface area contributed by atoms with Gasteiger partial charge in [0.1, 0.15) is 5.82 Å². The summed E-state index contributed by atoms with van der Waals surface area (Å²) in [4.78, 5) is 31.6. The number of aromatic carboxylic acids is 1. The summed E-state index contributed by atoms with van der Waals surface area (Å²) >= 11 is 0. The molecule has 0 saturated carbocycles. The van der Waals surface area contributed by atoms with E-state index in [1.807, 2.05) is 4.90 Å². The Balaban J connectivity index is 1.73. The number of nitrogens with zero attached hydrogens (tertiary/aromatic N) is 6. The SMILES string of the molecule is O=C(O)c1nccnc1N1CCN(c2cnccn2)CC1. The van der Waals surface area contributed by atoms with Gasteiger partial charge in [0.05, 0.1) is 6.20 Å². The number of rotatable bonds is 3. The number of carbonyl (C=O) groups is 1. The molecule has 0 radical (unpaired) electrons. The van der Waals surface area contributed by atoms with Gasteiger partial charge in [-0.25, -0.2) is 19.7 Å². The molecule has 0 bridgehead atoms. The molecule has 0 aromatic carbocycles. The fourth-order valence-corrected chi connectivity index (χ4v) is 2.31. The van der Waals surface area contributed by atoms with Gasteiger partial charge in [-0.2, -0.15) is 0 Å². The molecule has 3 rings (SSSR count). The first-order valence-electron chi connectivity index (χ1n) is 6.56. The van der Waals surface area contributed by atoms with Crippen LogP contribution in [0, 0.1) is 0 Å². The van der Waals surface area contributed by atoms with E-state index in [1.54, 1.807) is 18.6 Å². The predicted molar refractivity (Wildman–Crippen MR) is 75.4 cm³/mol. The van der Waals surface area contributed by atoms with Crippen LogP contribution in [0.15, 0.2) is 31.0 Å². The third-order valence-corrected chi connectivity index (χ3v) is 3.33. The zero-order valence-corrected chi connectivity index (χ0v) is 11.3. The van der Waals surface area contributed by atoms with Crippen molar-refractivity contribution in [2.24, 2.45) is 0 Å². The number of carboxylic acids is 1. The maximum absolute atomic E-state index is 11.2. The molecule has 1 aliphatic heterocycles. The van der Waals surface area contributed by atoms with Gasteiger partial charge in [0.15, 0.2) is 11.5 Å². The second kappa shape index (κ2) is 5.70. The van der Waals surface area contributed by atoms with Crippen molar-refractivity contribution in [2.75, 3.05) is 36.0 Å². The molecule has 21 heavy (non-hydrogen) atoms. The number of aromatic nitrogens is 4. The summed E-state index contributed by atoms with van der Waals surface area (Å²) in [5, 5.41) is 9.17. The molecule has 1 fully saturated rings. The van der Waals surface area contributed by atoms with Crippen molar-refractivity contribution < 1.29 is 9.90 Å². The second-order valence-corrected chi connectivity index (χ2v) is 4.57. The molecule has 8 nitrogen and oxygen atoms in total. The van der Waals surface area contributed by atoms with Crippen molar-refractivity contribution in [2.45, 2.75) is 0 Å². The van der Waals surface area contributed by atoms with Crippen molar-refractivity contribution in [1.82, 2.24) is 19.9 Å². The summed E-state index contributed by atoms with van der Waals surface area (Å²) in [5.74, 6) is 0.188. The second-order valence-electron chi connectivity index (χ2n) is 4.57. The van der Waals surface area contributed by atoms with Crippen LogP contribution in [0.3, 0.4) is 0 Å². The Morgan fingerprint density at radius 3 is 2.29 bits per heavy atom. The molecule has 0 unspecified atom stereocenters. The van der Waals surface area contributed by atoms with Gasteiger partial charge in [-0.05, 0) is 0 Å². The molecular formula is C13H14N6O2. The number of hydrogen-bond donors (Lipinski definition) is 1. The lowest BCUT2D eigenvalue weighted by atomic mass is 10.3. The molecular weight excluding hydrogens is 272 g/mol. The first-order chi connectivity index (χ1) is 10.3. The van der Waals surface area contributed by atoms with E-state index in [9.17, 15) is 4.79 Å². The molecule has 3 heterocycles. The lowest BCUT2D eigenvalue weighted by Gasteiger charge is -2.35. The van der Waals surface area contributed by atoms with E-state index in [0.29, 0.717) is 18.9 Å². The fraction of sp³-hybridized carbons (Fsp3) is 0.308. The Labute approximate surface area is 121 Å². The quantitative estimate of drug-likeness (QED) is 0.860. The maximum Gasteiger partial charge on any atom is 0.358 e. The average Bonchev–Trinajstić information content (AvgIpc) is 2.56. The van der Waals surface area contributed by atoms with Crippen LogP contribution in [-0.4, -0.2) is 57.2 Å². The predicted octanol–water partition coefficient (Wildman–Crippen LogP) is 0.291. The van der Waals surface area contributed by atoms with Gasteiger partial charge >= 0.3 is 5.97 Å². The van der Waals surface area contributed by atoms with Crippen molar-refractivity contribution in [3.8, 4) is 0 Å². The summed E-state index contributed by atoms with van der Waals surface area (Å²) in [6.07, 6.45) is 7.92. The molecule has 108 valence electrons. The first-order valence-corrected chi connectivity index (χ1v) is 6.56. The highest BCUT2D eigenvalue weighted by atomic mass is 16.4. The summed E-state index contributed by atoms with van der Waals surface area (Å²) in [5.41, 5.74) is -0.00884. The Morgan fingerprint density at radius 2 is 1.62 bits per heavy atom. The lowest BCUT2D eigenvalue weighted by molar-refractivity contribution is 0.0690. The highest BCUT2D eigenvalue weighted by Gasteiger charge is 2.23. The Kier molecular flexibility index (Phi) is 3.59. The fourth-order valence-electron chi connectivity index (χ4n) is 2.31. The number of hydrogen-bond acceptors (Lipinski definition) is 7. The van der Waals surface area contributed by atoms with Gasteiger partial charge in [-0.15, -0.1) is 0 Å². The molecule has 0 aliphatic carbocycles. The summed E-state index contributed by atoms with van der Waals surface area (Å²) in [7, 11) is 0. The maximum atomic E-state index is 11.2. The third-order valence-electron chi connectivity index (χ3n) is 3.33. The lowest BCUT2D eigenvalue weighted by Crippen LogP contribution is -2.47. The minimum absolute atomic E-state index is 0.00884. The van der Waals surface area contributed by atoms with Gasteiger partial charge in [-0.1, -0.05) is 0 Å². The van der Waals surface area contributed by atoms with Gasteiger partial charge in [-0.3, -0.25) is 4.98 Å². The van der Waals surface area contributed by atoms with Crippen LogP contribution >= 0.6 is 0 Å². The van der Waals surface area contributed by atoms with E-state index < -0.39 is 5.97 Å². The smallest absolute Gasteiger partial charge is 0.358 e. The van der Waals surface area contributed by atoms with Gasteiger partial charge in [0.2, 0.25) is 0 Å². The zero-order chi connectivity index (χ0) is 14.7. The van der Waals surface area contributed by atoms with E-state index in [2.05, 4.69) is 24.8 Å². The van der Waals surface area contributed by atoms with Crippen LogP contribution in [-0.2, 0) is 0 Å². The van der Waals surface area contributed by atoms with Crippen molar-refractivity contribution in [1.29, 1.82) is 0 Å². The Morgan fingerprint density at radius 1 is 0.952 bits per heavy atom. The van der Waals surface area contributed by atoms with Crippen LogP contribution in [0.5, 0.6) is 0 Å². The molecule has 8 heteroatoms. The van der Waals surface area contributed by atoms with Crippen molar-refractivity contribution in [3.63, 3.8) is 0 Å². The van der Waals surface area contributed by atoms with E-state index in [1.165, 1.54) is 12.4 Å². The topological polar surface area (TPSA) is 95.3 Å². The van der Waals surface area contributed by atoms with E-state index in [4.69, 9.17) is 5.11 Å². The molecule has 1 N–H and O–H groups in total. The minimum atomic E-state index is -1.06. The number of anilines is 2. The van der Waals surface area contributed by atoms with Crippen LogP contribution in [0.1, 0.15) is 10.5 Å². The Hall–Kier alpha value is -2.77. The zero-order valence-electron chi connectivity index (χ0n) is 11.3. The minimum Gasteiger partial charge on any atom is -0.476 e. The van der Waals surface area contributed by atoms with E-state index >= 15 is 0 Å². The molecule has 1 aliphatic rings.